The first kappa shape index (κ1) is 33.7. The Labute approximate surface area is 306 Å². The predicted octanol–water partition coefficient (Wildman–Crippen LogP) is 12.5. The normalized spacial score (nSPS) is 13.1. The van der Waals surface area contributed by atoms with E-state index in [2.05, 4.69) is 159 Å². The standard InChI is InChI=1S/C41H27NS2.C3H7.Pt/c1-27(38-25-29-15-3-9-22-36(29)43-38)13-11-14-28(2)41(33-19-7-5-17-31(33)32-18-6-8-20-34(32)41)40-24-12-21-35(42-40)39-26-30-16-4-10-23-37(30)44-39;1-3-2;/h3-24H,1H2,2H3;3H,1-2H3;/q-2;-1;/b13-11-,28-14+;;. The summed E-state index contributed by atoms with van der Waals surface area (Å²) in [6, 6.07) is 47.9. The number of nitrogens with zero attached hydrogens (tertiary/aromatic N) is 1. The number of hydrogen-bond donors (Lipinski definition) is 0. The van der Waals surface area contributed by atoms with Crippen LogP contribution in [0.4, 0.5) is 0 Å². The average Bonchev–Trinajstić information content (AvgIpc) is 3.82. The summed E-state index contributed by atoms with van der Waals surface area (Å²) in [4.78, 5) is 7.54. The van der Waals surface area contributed by atoms with Crippen LogP contribution >= 0.6 is 22.7 Å². The van der Waals surface area contributed by atoms with Crippen molar-refractivity contribution < 1.29 is 21.1 Å². The van der Waals surface area contributed by atoms with Gasteiger partial charge in [-0.25, -0.2) is 22.7 Å². The molecule has 0 bridgehead atoms. The van der Waals surface area contributed by atoms with Gasteiger partial charge in [-0.05, 0) is 49.5 Å². The minimum Gasteiger partial charge on any atom is -0.335 e. The van der Waals surface area contributed by atoms with E-state index < -0.39 is 5.41 Å². The number of pyridine rings is 1. The second kappa shape index (κ2) is 14.5. The Balaban J connectivity index is 0.000000969. The first-order chi connectivity index (χ1) is 23.0. The van der Waals surface area contributed by atoms with Crippen LogP contribution in [0.15, 0.2) is 146 Å². The minimum absolute atomic E-state index is 0. The first-order valence-corrected chi connectivity index (χ1v) is 17.5. The van der Waals surface area contributed by atoms with E-state index in [1.165, 1.54) is 37.2 Å². The van der Waals surface area contributed by atoms with Gasteiger partial charge < -0.3 is 6.42 Å². The molecule has 240 valence electrons. The van der Waals surface area contributed by atoms with Crippen LogP contribution in [-0.2, 0) is 26.5 Å². The van der Waals surface area contributed by atoms with Crippen molar-refractivity contribution >= 4 is 48.4 Å². The molecule has 0 fully saturated rings. The van der Waals surface area contributed by atoms with E-state index >= 15 is 0 Å². The molecule has 0 N–H and O–H groups in total. The minimum atomic E-state index is -0.546. The molecule has 0 spiro atoms. The second-order valence-electron chi connectivity index (χ2n) is 11.7. The maximum atomic E-state index is 5.42. The third kappa shape index (κ3) is 6.01. The SMILES string of the molecule is C=C(/C=C\C=C(/C)C1(c2cccc(-c3[c-]c4ccccc4s3)n2)c2ccccc2-c2ccccc21)c1[c-]c2ccccc2s1.C[CH-]C.[Pt]. The van der Waals surface area contributed by atoms with Crippen LogP contribution in [0, 0.1) is 18.6 Å². The summed E-state index contributed by atoms with van der Waals surface area (Å²) in [5.74, 6) is 0. The molecule has 4 aromatic carbocycles. The van der Waals surface area contributed by atoms with Crippen LogP contribution in [0.1, 0.15) is 42.5 Å². The first-order valence-electron chi connectivity index (χ1n) is 15.8. The molecular weight excluding hydrogens is 802 g/mol. The summed E-state index contributed by atoms with van der Waals surface area (Å²) in [6.45, 7) is 10.6. The average molecular weight is 836 g/mol. The van der Waals surface area contributed by atoms with Crippen molar-refractivity contribution in [1.82, 2.24) is 4.98 Å². The fourth-order valence-electron chi connectivity index (χ4n) is 6.51. The molecular formula is C44H34NPtS2-3. The van der Waals surface area contributed by atoms with Crippen LogP contribution in [0.5, 0.6) is 0 Å². The van der Waals surface area contributed by atoms with Crippen molar-refractivity contribution in [3.05, 3.63) is 186 Å². The van der Waals surface area contributed by atoms with Crippen LogP contribution < -0.4 is 0 Å². The molecule has 7 aromatic rings. The fraction of sp³-hybridized carbons (Fsp3) is 0.0909. The molecule has 1 aliphatic carbocycles. The molecule has 4 heteroatoms. The van der Waals surface area contributed by atoms with Gasteiger partial charge in [-0.1, -0.05) is 119 Å². The molecule has 0 saturated carbocycles. The predicted molar refractivity (Wildman–Crippen MR) is 204 cm³/mol. The van der Waals surface area contributed by atoms with Gasteiger partial charge >= 0.3 is 0 Å². The molecule has 0 aliphatic heterocycles. The van der Waals surface area contributed by atoms with Gasteiger partial charge in [0.25, 0.3) is 0 Å². The molecule has 3 heterocycles. The van der Waals surface area contributed by atoms with Crippen molar-refractivity contribution in [1.29, 1.82) is 0 Å². The number of benzene rings is 4. The van der Waals surface area contributed by atoms with Crippen LogP contribution in [0.3, 0.4) is 0 Å². The van der Waals surface area contributed by atoms with E-state index in [4.69, 9.17) is 4.98 Å². The summed E-state index contributed by atoms with van der Waals surface area (Å²) in [7, 11) is 0. The third-order valence-electron chi connectivity index (χ3n) is 8.54. The summed E-state index contributed by atoms with van der Waals surface area (Å²) in [6.07, 6.45) is 8.46. The zero-order valence-electron chi connectivity index (χ0n) is 27.1. The van der Waals surface area contributed by atoms with Crippen molar-refractivity contribution in [3.8, 4) is 21.7 Å². The Morgan fingerprint density at radius 2 is 1.29 bits per heavy atom. The van der Waals surface area contributed by atoms with Crippen molar-refractivity contribution in [3.63, 3.8) is 0 Å². The maximum absolute atomic E-state index is 5.42. The number of thiophene rings is 2. The molecule has 0 atom stereocenters. The molecule has 0 saturated heterocycles. The number of hydrogen-bond acceptors (Lipinski definition) is 3. The maximum Gasteiger partial charge on any atom is 0.0836 e. The van der Waals surface area contributed by atoms with Gasteiger partial charge in [0.05, 0.1) is 5.41 Å². The van der Waals surface area contributed by atoms with Gasteiger partial charge in [-0.3, -0.25) is 4.98 Å². The number of allylic oxidation sites excluding steroid dienone is 5. The summed E-state index contributed by atoms with van der Waals surface area (Å²) in [5, 5.41) is 2.26. The molecule has 0 radical (unpaired) electrons. The van der Waals surface area contributed by atoms with E-state index in [0.29, 0.717) is 0 Å². The van der Waals surface area contributed by atoms with Crippen LogP contribution in [0.2, 0.25) is 0 Å². The zero-order chi connectivity index (χ0) is 32.4. The quantitative estimate of drug-likeness (QED) is 0.120. The van der Waals surface area contributed by atoms with E-state index in [1.54, 1.807) is 22.7 Å². The molecule has 0 amide bonds. The zero-order valence-corrected chi connectivity index (χ0v) is 31.0. The Morgan fingerprint density at radius 3 is 1.92 bits per heavy atom. The molecule has 3 aromatic heterocycles. The van der Waals surface area contributed by atoms with Gasteiger partial charge in [0.15, 0.2) is 0 Å². The molecule has 1 nitrogen and oxygen atoms in total. The topological polar surface area (TPSA) is 12.9 Å². The smallest absolute Gasteiger partial charge is 0.0836 e. The van der Waals surface area contributed by atoms with Crippen LogP contribution in [-0.4, -0.2) is 4.98 Å². The van der Waals surface area contributed by atoms with E-state index in [-0.39, 0.29) is 21.1 Å². The molecule has 1 aliphatic rings. The monoisotopic (exact) mass is 835 g/mol. The van der Waals surface area contributed by atoms with Crippen molar-refractivity contribution in [2.75, 3.05) is 0 Å². The summed E-state index contributed by atoms with van der Waals surface area (Å²) >= 11 is 3.47. The Bertz CT molecular complexity index is 2190. The van der Waals surface area contributed by atoms with Gasteiger partial charge in [-0.2, -0.15) is 13.8 Å². The fourth-order valence-corrected chi connectivity index (χ4v) is 8.44. The van der Waals surface area contributed by atoms with Gasteiger partial charge in [0, 0.05) is 32.5 Å². The summed E-state index contributed by atoms with van der Waals surface area (Å²) in [5.41, 5.74) is 8.58. The number of aromatic nitrogens is 1. The van der Waals surface area contributed by atoms with Crippen molar-refractivity contribution in [2.45, 2.75) is 26.2 Å². The molecule has 0 unspecified atom stereocenters. The van der Waals surface area contributed by atoms with Gasteiger partial charge in [0.1, 0.15) is 0 Å². The molecule has 8 rings (SSSR count). The van der Waals surface area contributed by atoms with Gasteiger partial charge in [0.2, 0.25) is 0 Å². The molecule has 48 heavy (non-hydrogen) atoms. The van der Waals surface area contributed by atoms with Crippen LogP contribution in [0.25, 0.3) is 47.4 Å². The third-order valence-corrected chi connectivity index (χ3v) is 10.8. The van der Waals surface area contributed by atoms with Gasteiger partial charge in [-0.15, -0.1) is 53.7 Å². The Kier molecular flexibility index (Phi) is 10.2. The second-order valence-corrected chi connectivity index (χ2v) is 13.8. The van der Waals surface area contributed by atoms with E-state index in [0.717, 1.165) is 37.5 Å². The number of rotatable bonds is 6. The Hall–Kier alpha value is -4.14. The Morgan fingerprint density at radius 1 is 0.729 bits per heavy atom. The largest absolute Gasteiger partial charge is 0.335 e. The van der Waals surface area contributed by atoms with E-state index in [1.807, 2.05) is 20.3 Å². The number of fused-ring (bicyclic) bond motifs is 5. The summed E-state index contributed by atoms with van der Waals surface area (Å²) < 4.78 is 2.45. The van der Waals surface area contributed by atoms with Crippen molar-refractivity contribution in [2.24, 2.45) is 0 Å². The van der Waals surface area contributed by atoms with E-state index in [9.17, 15) is 0 Å².